The van der Waals surface area contributed by atoms with Crippen molar-refractivity contribution in [3.8, 4) is 5.75 Å². The second kappa shape index (κ2) is 6.33. The molecule has 1 aromatic heterocycles. The number of hydrogen-bond donors (Lipinski definition) is 1. The van der Waals surface area contributed by atoms with Crippen LogP contribution in [-0.4, -0.2) is 10.9 Å². The van der Waals surface area contributed by atoms with E-state index < -0.39 is 29.2 Å². The summed E-state index contributed by atoms with van der Waals surface area (Å²) >= 11 is 7.29. The molecule has 24 heavy (non-hydrogen) atoms. The number of amides is 1. The minimum atomic E-state index is -1.20. The second-order valence-corrected chi connectivity index (χ2v) is 6.52. The zero-order chi connectivity index (χ0) is 17.4. The van der Waals surface area contributed by atoms with Gasteiger partial charge in [0.25, 0.3) is 5.91 Å². The summed E-state index contributed by atoms with van der Waals surface area (Å²) in [6.45, 7) is 1.67. The number of carbonyl (C=O) groups is 1. The molecule has 124 valence electrons. The first-order chi connectivity index (χ1) is 11.4. The van der Waals surface area contributed by atoms with Crippen molar-refractivity contribution in [2.45, 2.75) is 13.0 Å². The highest BCUT2D eigenvalue weighted by atomic mass is 35.5. The van der Waals surface area contributed by atoms with Crippen LogP contribution in [0.1, 0.15) is 28.4 Å². The average molecular weight is 369 g/mol. The fraction of sp³-hybridized carbons (Fsp3) is 0.125. The number of nitrogens with zero attached hydrogens (tertiary/aromatic N) is 1. The number of rotatable bonds is 4. The van der Waals surface area contributed by atoms with Gasteiger partial charge in [0.05, 0.1) is 10.2 Å². The Morgan fingerprint density at radius 2 is 2.08 bits per heavy atom. The van der Waals surface area contributed by atoms with E-state index in [-0.39, 0.29) is 5.75 Å². The van der Waals surface area contributed by atoms with Gasteiger partial charge in [0, 0.05) is 5.02 Å². The number of fused-ring (bicyclic) bond motifs is 1. The van der Waals surface area contributed by atoms with Gasteiger partial charge in [-0.25, -0.2) is 13.8 Å². The Morgan fingerprint density at radius 1 is 1.33 bits per heavy atom. The van der Waals surface area contributed by atoms with Crippen molar-refractivity contribution in [3.63, 3.8) is 0 Å². The van der Waals surface area contributed by atoms with Crippen LogP contribution in [0.15, 0.2) is 30.3 Å². The van der Waals surface area contributed by atoms with Crippen molar-refractivity contribution < 1.29 is 18.3 Å². The Morgan fingerprint density at radius 3 is 2.79 bits per heavy atom. The van der Waals surface area contributed by atoms with Gasteiger partial charge in [0.2, 0.25) is 0 Å². The number of halogens is 3. The molecule has 1 atom stereocenters. The van der Waals surface area contributed by atoms with Crippen molar-refractivity contribution >= 4 is 39.1 Å². The lowest BCUT2D eigenvalue weighted by atomic mass is 10.1. The van der Waals surface area contributed by atoms with Gasteiger partial charge in [-0.15, -0.1) is 11.3 Å². The van der Waals surface area contributed by atoms with Crippen molar-refractivity contribution in [2.24, 2.45) is 5.73 Å². The van der Waals surface area contributed by atoms with E-state index in [1.54, 1.807) is 19.1 Å². The van der Waals surface area contributed by atoms with E-state index in [1.165, 1.54) is 11.3 Å². The SMILES string of the molecule is CC(Oc1ccc(F)c(C(N)=O)c1F)c1nc2cc(Cl)ccc2s1. The maximum absolute atomic E-state index is 14.2. The van der Waals surface area contributed by atoms with Gasteiger partial charge < -0.3 is 10.5 Å². The fourth-order valence-electron chi connectivity index (χ4n) is 2.18. The molecule has 0 spiro atoms. The maximum atomic E-state index is 14.2. The van der Waals surface area contributed by atoms with Gasteiger partial charge in [0.15, 0.2) is 11.6 Å². The zero-order valence-electron chi connectivity index (χ0n) is 12.3. The van der Waals surface area contributed by atoms with Crippen molar-refractivity contribution in [1.29, 1.82) is 0 Å². The van der Waals surface area contributed by atoms with Gasteiger partial charge in [-0.1, -0.05) is 11.6 Å². The number of thiazole rings is 1. The summed E-state index contributed by atoms with van der Waals surface area (Å²) in [6.07, 6.45) is -0.609. The largest absolute Gasteiger partial charge is 0.480 e. The van der Waals surface area contributed by atoms with E-state index in [0.717, 1.165) is 16.8 Å². The maximum Gasteiger partial charge on any atom is 0.254 e. The van der Waals surface area contributed by atoms with Crippen molar-refractivity contribution in [3.05, 3.63) is 57.6 Å². The van der Waals surface area contributed by atoms with Crippen molar-refractivity contribution in [2.75, 3.05) is 0 Å². The Kier molecular flexibility index (Phi) is 4.38. The number of ether oxygens (including phenoxy) is 1. The molecule has 0 fully saturated rings. The van der Waals surface area contributed by atoms with Crippen molar-refractivity contribution in [1.82, 2.24) is 4.98 Å². The Balaban J connectivity index is 1.92. The van der Waals surface area contributed by atoms with E-state index in [4.69, 9.17) is 22.1 Å². The van der Waals surface area contributed by atoms with E-state index >= 15 is 0 Å². The molecule has 0 aliphatic rings. The summed E-state index contributed by atoms with van der Waals surface area (Å²) in [5.74, 6) is -3.62. The number of aromatic nitrogens is 1. The molecule has 2 N–H and O–H groups in total. The molecule has 2 aromatic carbocycles. The summed E-state index contributed by atoms with van der Waals surface area (Å²) in [6, 6.07) is 7.33. The Bertz CT molecular complexity index is 945. The van der Waals surface area contributed by atoms with Crippen LogP contribution in [0.25, 0.3) is 10.2 Å². The molecule has 1 heterocycles. The highest BCUT2D eigenvalue weighted by Gasteiger charge is 2.22. The number of benzene rings is 2. The molecule has 0 saturated carbocycles. The first-order valence-corrected chi connectivity index (χ1v) is 8.06. The monoisotopic (exact) mass is 368 g/mol. The predicted molar refractivity (Wildman–Crippen MR) is 88.5 cm³/mol. The normalized spacial score (nSPS) is 12.3. The van der Waals surface area contributed by atoms with Crippen LogP contribution in [-0.2, 0) is 0 Å². The first-order valence-electron chi connectivity index (χ1n) is 6.87. The third-order valence-electron chi connectivity index (χ3n) is 3.32. The van der Waals surface area contributed by atoms with Crippen LogP contribution in [0.2, 0.25) is 5.02 Å². The molecule has 1 amide bonds. The predicted octanol–water partition coefficient (Wildman–Crippen LogP) is 4.47. The topological polar surface area (TPSA) is 65.2 Å². The Labute approximate surface area is 144 Å². The molecule has 1 unspecified atom stereocenters. The third-order valence-corrected chi connectivity index (χ3v) is 4.75. The molecule has 3 aromatic rings. The van der Waals surface area contributed by atoms with Crippen LogP contribution < -0.4 is 10.5 Å². The number of carbonyl (C=O) groups excluding carboxylic acids is 1. The molecular weight excluding hydrogens is 358 g/mol. The highest BCUT2D eigenvalue weighted by Crippen LogP contribution is 2.32. The molecule has 0 aliphatic carbocycles. The quantitative estimate of drug-likeness (QED) is 0.739. The summed E-state index contributed by atoms with van der Waals surface area (Å²) in [5.41, 5.74) is 4.87. The van der Waals surface area contributed by atoms with E-state index in [9.17, 15) is 13.6 Å². The smallest absolute Gasteiger partial charge is 0.254 e. The lowest BCUT2D eigenvalue weighted by Gasteiger charge is -2.14. The first kappa shape index (κ1) is 16.6. The second-order valence-electron chi connectivity index (χ2n) is 5.02. The molecule has 0 saturated heterocycles. The molecule has 0 radical (unpaired) electrons. The number of hydrogen-bond acceptors (Lipinski definition) is 4. The van der Waals surface area contributed by atoms with Gasteiger partial charge in [-0.05, 0) is 37.3 Å². The summed E-state index contributed by atoms with van der Waals surface area (Å²) in [4.78, 5) is 15.6. The van der Waals surface area contributed by atoms with Gasteiger partial charge in [0.1, 0.15) is 22.5 Å². The van der Waals surface area contributed by atoms with Gasteiger partial charge in [-0.3, -0.25) is 4.79 Å². The van der Waals surface area contributed by atoms with Crippen LogP contribution >= 0.6 is 22.9 Å². The molecule has 0 aliphatic heterocycles. The highest BCUT2D eigenvalue weighted by molar-refractivity contribution is 7.18. The molecule has 4 nitrogen and oxygen atoms in total. The van der Waals surface area contributed by atoms with E-state index in [1.807, 2.05) is 6.07 Å². The molecule has 8 heteroatoms. The lowest BCUT2D eigenvalue weighted by molar-refractivity contribution is 0.0990. The fourth-order valence-corrected chi connectivity index (χ4v) is 3.28. The molecular formula is C16H11ClF2N2O2S. The van der Waals surface area contributed by atoms with Crippen LogP contribution in [0.5, 0.6) is 5.75 Å². The number of primary amides is 1. The van der Waals surface area contributed by atoms with E-state index in [0.29, 0.717) is 15.5 Å². The van der Waals surface area contributed by atoms with Crippen LogP contribution in [0, 0.1) is 11.6 Å². The third kappa shape index (κ3) is 3.05. The van der Waals surface area contributed by atoms with Crippen LogP contribution in [0.3, 0.4) is 0 Å². The minimum Gasteiger partial charge on any atom is -0.480 e. The standard InChI is InChI=1S/C16H11ClF2N2O2S/c1-7(16-21-10-6-8(17)2-5-12(10)24-16)23-11-4-3-9(18)13(14(11)19)15(20)22/h2-7H,1H3,(H2,20,22). The summed E-state index contributed by atoms with van der Waals surface area (Å²) < 4.78 is 34.1. The molecule has 3 rings (SSSR count). The lowest BCUT2D eigenvalue weighted by Crippen LogP contribution is -2.16. The van der Waals surface area contributed by atoms with Gasteiger partial charge >= 0.3 is 0 Å². The zero-order valence-corrected chi connectivity index (χ0v) is 13.9. The number of nitrogens with two attached hydrogens (primary N) is 1. The average Bonchev–Trinajstić information content (AvgIpc) is 2.93. The Hall–Kier alpha value is -2.25. The van der Waals surface area contributed by atoms with Gasteiger partial charge in [-0.2, -0.15) is 0 Å². The molecule has 0 bridgehead atoms. The minimum absolute atomic E-state index is 0.269. The summed E-state index contributed by atoms with van der Waals surface area (Å²) in [5, 5.41) is 1.15. The van der Waals surface area contributed by atoms with Crippen LogP contribution in [0.4, 0.5) is 8.78 Å². The van der Waals surface area contributed by atoms with E-state index in [2.05, 4.69) is 4.98 Å². The summed E-state index contributed by atoms with van der Waals surface area (Å²) in [7, 11) is 0.